The van der Waals surface area contributed by atoms with Crippen LogP contribution in [0.15, 0.2) is 30.3 Å². The molecule has 1 aromatic carbocycles. The van der Waals surface area contributed by atoms with Crippen molar-refractivity contribution >= 4 is 17.9 Å². The van der Waals surface area contributed by atoms with Crippen LogP contribution in [0.4, 0.5) is 4.79 Å². The SMILES string of the molecule is O=C(O)CC(c1ccccc1)N1C(=O)CNC1=O. The number of nitrogens with one attached hydrogen (secondary N) is 1. The van der Waals surface area contributed by atoms with Crippen LogP contribution in [0.1, 0.15) is 18.0 Å². The second-order valence-corrected chi connectivity index (χ2v) is 3.95. The molecule has 2 N–H and O–H groups in total. The summed E-state index contributed by atoms with van der Waals surface area (Å²) in [5, 5.41) is 11.3. The van der Waals surface area contributed by atoms with Crippen LogP contribution in [0, 0.1) is 0 Å². The van der Waals surface area contributed by atoms with Crippen molar-refractivity contribution in [2.24, 2.45) is 0 Å². The second-order valence-electron chi connectivity index (χ2n) is 3.95. The fraction of sp³-hybridized carbons (Fsp3) is 0.250. The van der Waals surface area contributed by atoms with Crippen LogP contribution in [-0.4, -0.2) is 34.5 Å². The first-order valence-corrected chi connectivity index (χ1v) is 5.46. The zero-order valence-electron chi connectivity index (χ0n) is 9.50. The summed E-state index contributed by atoms with van der Waals surface area (Å²) in [5.74, 6) is -1.47. The Kier molecular flexibility index (Phi) is 3.27. The highest BCUT2D eigenvalue weighted by molar-refractivity contribution is 6.02. The molecular weight excluding hydrogens is 236 g/mol. The maximum Gasteiger partial charge on any atom is 0.325 e. The maximum atomic E-state index is 11.6. The zero-order valence-corrected chi connectivity index (χ0v) is 9.50. The number of carboxylic acids is 1. The van der Waals surface area contributed by atoms with Crippen molar-refractivity contribution < 1.29 is 19.5 Å². The second kappa shape index (κ2) is 4.87. The van der Waals surface area contributed by atoms with Gasteiger partial charge in [0, 0.05) is 0 Å². The van der Waals surface area contributed by atoms with Crippen molar-refractivity contribution in [2.75, 3.05) is 6.54 Å². The molecule has 0 aliphatic carbocycles. The minimum absolute atomic E-state index is 0.0816. The minimum atomic E-state index is -1.06. The largest absolute Gasteiger partial charge is 0.481 e. The number of hydrogen-bond acceptors (Lipinski definition) is 3. The summed E-state index contributed by atoms with van der Waals surface area (Å²) in [5.41, 5.74) is 0.630. The van der Waals surface area contributed by atoms with Gasteiger partial charge in [0.05, 0.1) is 19.0 Å². The topological polar surface area (TPSA) is 86.7 Å². The fourth-order valence-electron chi connectivity index (χ4n) is 1.95. The van der Waals surface area contributed by atoms with Crippen LogP contribution in [0.5, 0.6) is 0 Å². The van der Waals surface area contributed by atoms with E-state index in [9.17, 15) is 14.4 Å². The molecule has 1 aliphatic rings. The van der Waals surface area contributed by atoms with Crippen molar-refractivity contribution in [1.29, 1.82) is 0 Å². The van der Waals surface area contributed by atoms with Crippen molar-refractivity contribution in [1.82, 2.24) is 10.2 Å². The Hall–Kier alpha value is -2.37. The molecule has 2 rings (SSSR count). The molecule has 1 fully saturated rings. The Balaban J connectivity index is 2.34. The van der Waals surface area contributed by atoms with Gasteiger partial charge < -0.3 is 10.4 Å². The van der Waals surface area contributed by atoms with Gasteiger partial charge in [0.1, 0.15) is 0 Å². The molecule has 6 nitrogen and oxygen atoms in total. The molecule has 18 heavy (non-hydrogen) atoms. The van der Waals surface area contributed by atoms with Gasteiger partial charge in [-0.3, -0.25) is 14.5 Å². The van der Waals surface area contributed by atoms with Crippen molar-refractivity contribution in [3.63, 3.8) is 0 Å². The van der Waals surface area contributed by atoms with Crippen molar-refractivity contribution in [3.8, 4) is 0 Å². The summed E-state index contributed by atoms with van der Waals surface area (Å²) in [4.78, 5) is 35.1. The average Bonchev–Trinajstić information content (AvgIpc) is 2.67. The number of carbonyl (C=O) groups is 3. The quantitative estimate of drug-likeness (QED) is 0.770. The molecule has 94 valence electrons. The van der Waals surface area contributed by atoms with E-state index in [4.69, 9.17) is 5.11 Å². The van der Waals surface area contributed by atoms with Gasteiger partial charge in [-0.25, -0.2) is 4.79 Å². The lowest BCUT2D eigenvalue weighted by molar-refractivity contribution is -0.139. The normalized spacial score (nSPS) is 16.6. The van der Waals surface area contributed by atoms with Crippen LogP contribution < -0.4 is 5.32 Å². The van der Waals surface area contributed by atoms with E-state index in [1.807, 2.05) is 0 Å². The van der Waals surface area contributed by atoms with Crippen LogP contribution >= 0.6 is 0 Å². The number of nitrogens with zero attached hydrogens (tertiary/aromatic N) is 1. The highest BCUT2D eigenvalue weighted by atomic mass is 16.4. The molecule has 1 heterocycles. The third-order valence-electron chi connectivity index (χ3n) is 2.74. The first kappa shape index (κ1) is 12.1. The van der Waals surface area contributed by atoms with E-state index in [1.54, 1.807) is 30.3 Å². The van der Waals surface area contributed by atoms with Crippen LogP contribution in [-0.2, 0) is 9.59 Å². The zero-order chi connectivity index (χ0) is 13.1. The van der Waals surface area contributed by atoms with Crippen LogP contribution in [0.3, 0.4) is 0 Å². The van der Waals surface area contributed by atoms with Gasteiger partial charge in [-0.15, -0.1) is 0 Å². The van der Waals surface area contributed by atoms with E-state index in [1.165, 1.54) is 0 Å². The summed E-state index contributed by atoms with van der Waals surface area (Å²) in [6.45, 7) is -0.0816. The van der Waals surface area contributed by atoms with Crippen LogP contribution in [0.25, 0.3) is 0 Å². The van der Waals surface area contributed by atoms with Gasteiger partial charge in [-0.2, -0.15) is 0 Å². The summed E-state index contributed by atoms with van der Waals surface area (Å²) >= 11 is 0. The number of imide groups is 1. The number of benzene rings is 1. The van der Waals surface area contributed by atoms with E-state index in [0.717, 1.165) is 4.90 Å². The third-order valence-corrected chi connectivity index (χ3v) is 2.74. The van der Waals surface area contributed by atoms with E-state index in [-0.39, 0.29) is 13.0 Å². The molecule has 0 aromatic heterocycles. The highest BCUT2D eigenvalue weighted by Gasteiger charge is 2.36. The van der Waals surface area contributed by atoms with E-state index >= 15 is 0 Å². The molecule has 1 unspecified atom stereocenters. The summed E-state index contributed by atoms with van der Waals surface area (Å²) in [6.07, 6.45) is -0.302. The van der Waals surface area contributed by atoms with Gasteiger partial charge in [-0.1, -0.05) is 30.3 Å². The van der Waals surface area contributed by atoms with E-state index in [0.29, 0.717) is 5.56 Å². The molecule has 0 bridgehead atoms. The Labute approximate surface area is 103 Å². The highest BCUT2D eigenvalue weighted by Crippen LogP contribution is 2.26. The van der Waals surface area contributed by atoms with Gasteiger partial charge >= 0.3 is 12.0 Å². The molecule has 1 aliphatic heterocycles. The standard InChI is InChI=1S/C12H12N2O4/c15-10-7-13-12(18)14(10)9(6-11(16)17)8-4-2-1-3-5-8/h1-5,9H,6-7H2,(H,13,18)(H,16,17). The number of urea groups is 1. The number of aliphatic carboxylic acids is 1. The number of hydrogen-bond donors (Lipinski definition) is 2. The van der Waals surface area contributed by atoms with E-state index in [2.05, 4.69) is 5.32 Å². The average molecular weight is 248 g/mol. The molecule has 0 saturated carbocycles. The third kappa shape index (κ3) is 2.32. The molecular formula is C12H12N2O4. The molecule has 6 heteroatoms. The summed E-state index contributed by atoms with van der Waals surface area (Å²) in [7, 11) is 0. The summed E-state index contributed by atoms with van der Waals surface area (Å²) < 4.78 is 0. The lowest BCUT2D eigenvalue weighted by atomic mass is 10.0. The smallest absolute Gasteiger partial charge is 0.325 e. The molecule has 1 atom stereocenters. The maximum absolute atomic E-state index is 11.6. The van der Waals surface area contributed by atoms with Crippen molar-refractivity contribution in [3.05, 3.63) is 35.9 Å². The predicted molar refractivity (Wildman–Crippen MR) is 61.7 cm³/mol. The lowest BCUT2D eigenvalue weighted by Crippen LogP contribution is -2.36. The first-order valence-electron chi connectivity index (χ1n) is 5.46. The van der Waals surface area contributed by atoms with Gasteiger partial charge in [-0.05, 0) is 5.56 Å². The number of carbonyl (C=O) groups excluding carboxylic acids is 2. The van der Waals surface area contributed by atoms with E-state index < -0.39 is 23.9 Å². The summed E-state index contributed by atoms with van der Waals surface area (Å²) in [6, 6.07) is 7.35. The van der Waals surface area contributed by atoms with Gasteiger partial charge in [0.15, 0.2) is 0 Å². The Morgan fingerprint density at radius 2 is 2.00 bits per heavy atom. The van der Waals surface area contributed by atoms with Gasteiger partial charge in [0.2, 0.25) is 0 Å². The minimum Gasteiger partial charge on any atom is -0.481 e. The molecule has 1 saturated heterocycles. The molecule has 0 radical (unpaired) electrons. The number of rotatable bonds is 4. The number of carboxylic acid groups (broad SMARTS) is 1. The predicted octanol–water partition coefficient (Wildman–Crippen LogP) is 0.754. The fourth-order valence-corrected chi connectivity index (χ4v) is 1.95. The Morgan fingerprint density at radius 1 is 1.33 bits per heavy atom. The first-order chi connectivity index (χ1) is 8.59. The Morgan fingerprint density at radius 3 is 2.50 bits per heavy atom. The van der Waals surface area contributed by atoms with Crippen molar-refractivity contribution in [2.45, 2.75) is 12.5 Å². The molecule has 1 aromatic rings. The van der Waals surface area contributed by atoms with Gasteiger partial charge in [0.25, 0.3) is 5.91 Å². The molecule has 0 spiro atoms. The lowest BCUT2D eigenvalue weighted by Gasteiger charge is -2.24. The Bertz CT molecular complexity index is 470. The monoisotopic (exact) mass is 248 g/mol. The number of amides is 3. The van der Waals surface area contributed by atoms with Crippen LogP contribution in [0.2, 0.25) is 0 Å². The molecule has 3 amide bonds.